The van der Waals surface area contributed by atoms with Crippen molar-refractivity contribution in [2.75, 3.05) is 6.54 Å². The lowest BCUT2D eigenvalue weighted by atomic mass is 9.99. The molecule has 0 spiro atoms. The third kappa shape index (κ3) is 2.52. The number of pyridine rings is 1. The summed E-state index contributed by atoms with van der Waals surface area (Å²) in [6.45, 7) is 2.62. The van der Waals surface area contributed by atoms with Crippen molar-refractivity contribution in [3.8, 4) is 0 Å². The fraction of sp³-hybridized carbons (Fsp3) is 0.333. The van der Waals surface area contributed by atoms with E-state index in [-0.39, 0.29) is 11.9 Å². The third-order valence-corrected chi connectivity index (χ3v) is 5.95. The number of nitrogens with one attached hydrogen (secondary N) is 1. The van der Waals surface area contributed by atoms with Gasteiger partial charge in [-0.1, -0.05) is 6.07 Å². The molecule has 5 heterocycles. The predicted molar refractivity (Wildman–Crippen MR) is 104 cm³/mol. The molecule has 1 fully saturated rings. The van der Waals surface area contributed by atoms with Crippen LogP contribution in [0.25, 0.3) is 5.52 Å². The number of H-pyrrole nitrogens is 1. The number of imidazole rings is 1. The number of nitrogens with zero attached hydrogens (tertiary/aromatic N) is 5. The highest BCUT2D eigenvalue weighted by Gasteiger charge is 2.40. The van der Waals surface area contributed by atoms with Crippen LogP contribution in [0.1, 0.15) is 63.7 Å². The Balaban J connectivity index is 1.47. The number of hydrogen-bond acceptors (Lipinski definition) is 5. The molecule has 1 amide bonds. The Morgan fingerprint density at radius 3 is 3.00 bits per heavy atom. The Labute approximate surface area is 166 Å². The van der Waals surface area contributed by atoms with Gasteiger partial charge >= 0.3 is 0 Å². The monoisotopic (exact) mass is 388 g/mol. The van der Waals surface area contributed by atoms with Crippen molar-refractivity contribution in [1.29, 1.82) is 0 Å². The summed E-state index contributed by atoms with van der Waals surface area (Å²) in [5, 5.41) is 4.78. The summed E-state index contributed by atoms with van der Waals surface area (Å²) in [7, 11) is 0. The van der Waals surface area contributed by atoms with Crippen LogP contribution in [0.4, 0.5) is 0 Å². The van der Waals surface area contributed by atoms with E-state index in [1.165, 1.54) is 6.39 Å². The Morgan fingerprint density at radius 2 is 2.17 bits per heavy atom. The molecule has 0 unspecified atom stereocenters. The largest absolute Gasteiger partial charge is 0.438 e. The van der Waals surface area contributed by atoms with E-state index in [9.17, 15) is 4.79 Å². The molecule has 8 nitrogen and oxygen atoms in total. The predicted octanol–water partition coefficient (Wildman–Crippen LogP) is 3.02. The second kappa shape index (κ2) is 6.04. The van der Waals surface area contributed by atoms with Gasteiger partial charge in [-0.05, 0) is 37.5 Å². The first kappa shape index (κ1) is 16.5. The first-order chi connectivity index (χ1) is 14.2. The molecule has 4 aromatic rings. The van der Waals surface area contributed by atoms with E-state index < -0.39 is 0 Å². The number of oxazole rings is 1. The van der Waals surface area contributed by atoms with Gasteiger partial charge in [-0.3, -0.25) is 4.79 Å². The number of carbonyl (C=O) groups is 1. The number of aromatic amines is 1. The highest BCUT2D eigenvalue weighted by molar-refractivity contribution is 5.93. The maximum absolute atomic E-state index is 13.5. The molecule has 0 saturated heterocycles. The summed E-state index contributed by atoms with van der Waals surface area (Å²) in [4.78, 5) is 27.4. The Morgan fingerprint density at radius 1 is 1.28 bits per heavy atom. The highest BCUT2D eigenvalue weighted by Crippen LogP contribution is 2.42. The minimum atomic E-state index is -0.367. The fourth-order valence-corrected chi connectivity index (χ4v) is 4.30. The van der Waals surface area contributed by atoms with Crippen LogP contribution in [-0.4, -0.2) is 41.9 Å². The molecule has 4 aromatic heterocycles. The number of hydrogen-bond donors (Lipinski definition) is 1. The highest BCUT2D eigenvalue weighted by atomic mass is 16.3. The van der Waals surface area contributed by atoms with Crippen molar-refractivity contribution < 1.29 is 9.21 Å². The van der Waals surface area contributed by atoms with Crippen molar-refractivity contribution in [2.24, 2.45) is 0 Å². The summed E-state index contributed by atoms with van der Waals surface area (Å²) in [5.74, 6) is 0.558. The van der Waals surface area contributed by atoms with Gasteiger partial charge in [0.05, 0.1) is 28.9 Å². The van der Waals surface area contributed by atoms with Crippen LogP contribution >= 0.6 is 0 Å². The average Bonchev–Trinajstić information content (AvgIpc) is 3.13. The first-order valence-electron chi connectivity index (χ1n) is 9.92. The van der Waals surface area contributed by atoms with Gasteiger partial charge in [0, 0.05) is 30.8 Å². The van der Waals surface area contributed by atoms with Gasteiger partial charge in [0.15, 0.2) is 6.39 Å². The molecule has 1 aliphatic heterocycles. The smallest absolute Gasteiger partial charge is 0.292 e. The molecular weight excluding hydrogens is 368 g/mol. The molecule has 146 valence electrons. The topological polar surface area (TPSA) is 92.3 Å². The van der Waals surface area contributed by atoms with Gasteiger partial charge < -0.3 is 14.3 Å². The molecule has 0 radical (unpaired) electrons. The summed E-state index contributed by atoms with van der Waals surface area (Å²) in [6, 6.07) is 5.71. The fourth-order valence-electron chi connectivity index (χ4n) is 4.30. The van der Waals surface area contributed by atoms with E-state index >= 15 is 0 Å². The molecule has 1 atom stereocenters. The zero-order valence-corrected chi connectivity index (χ0v) is 16.0. The lowest BCUT2D eigenvalue weighted by Gasteiger charge is -2.33. The van der Waals surface area contributed by atoms with E-state index in [2.05, 4.69) is 27.9 Å². The second-order valence-electron chi connectivity index (χ2n) is 7.85. The maximum atomic E-state index is 13.5. The van der Waals surface area contributed by atoms with E-state index in [1.54, 1.807) is 6.33 Å². The molecule has 1 saturated carbocycles. The van der Waals surface area contributed by atoms with Crippen molar-refractivity contribution in [3.05, 3.63) is 71.2 Å². The van der Waals surface area contributed by atoms with Crippen LogP contribution in [0.2, 0.25) is 0 Å². The van der Waals surface area contributed by atoms with Crippen molar-refractivity contribution in [1.82, 2.24) is 29.5 Å². The first-order valence-corrected chi connectivity index (χ1v) is 9.92. The standard InChI is InChI=1S/C21H20N6O2/c1-12-3-2-7-27-16(12)9-15(25-27)19-18-14(22-10-23-18)6-8-26(19)21(28)20-17(13-4-5-13)24-11-29-20/h2-3,7,9-11,13,19H,4-6,8H2,1H3,(H,22,23)/t19-/m0/s1. The molecule has 8 heteroatoms. The Bertz CT molecular complexity index is 1230. The molecule has 6 rings (SSSR count). The molecule has 1 aliphatic carbocycles. The molecule has 29 heavy (non-hydrogen) atoms. The lowest BCUT2D eigenvalue weighted by Crippen LogP contribution is -2.41. The van der Waals surface area contributed by atoms with Gasteiger partial charge in [-0.15, -0.1) is 0 Å². The number of carbonyl (C=O) groups excluding carboxylic acids is 1. The number of fused-ring (bicyclic) bond motifs is 2. The van der Waals surface area contributed by atoms with Gasteiger partial charge in [0.2, 0.25) is 5.76 Å². The summed E-state index contributed by atoms with van der Waals surface area (Å²) in [5.41, 5.74) is 5.64. The lowest BCUT2D eigenvalue weighted by molar-refractivity contribution is 0.0652. The van der Waals surface area contributed by atoms with Crippen LogP contribution in [0.5, 0.6) is 0 Å². The van der Waals surface area contributed by atoms with Crippen LogP contribution in [0.3, 0.4) is 0 Å². The van der Waals surface area contributed by atoms with Gasteiger partial charge in [-0.2, -0.15) is 5.10 Å². The van der Waals surface area contributed by atoms with Crippen LogP contribution in [-0.2, 0) is 6.42 Å². The minimum absolute atomic E-state index is 0.142. The summed E-state index contributed by atoms with van der Waals surface area (Å²) >= 11 is 0. The third-order valence-electron chi connectivity index (χ3n) is 5.95. The van der Waals surface area contributed by atoms with Crippen LogP contribution in [0.15, 0.2) is 41.5 Å². The zero-order chi connectivity index (χ0) is 19.5. The molecule has 0 aromatic carbocycles. The number of amides is 1. The normalized spacial score (nSPS) is 18.9. The van der Waals surface area contributed by atoms with Crippen molar-refractivity contribution in [2.45, 2.75) is 38.1 Å². The van der Waals surface area contributed by atoms with Crippen LogP contribution < -0.4 is 0 Å². The maximum Gasteiger partial charge on any atom is 0.292 e. The van der Waals surface area contributed by atoms with Crippen molar-refractivity contribution in [3.63, 3.8) is 0 Å². The summed E-state index contributed by atoms with van der Waals surface area (Å²) in [6.07, 6.45) is 7.84. The summed E-state index contributed by atoms with van der Waals surface area (Å²) < 4.78 is 7.42. The molecular formula is C21H20N6O2. The number of rotatable bonds is 3. The molecule has 2 aliphatic rings. The molecule has 0 bridgehead atoms. The average molecular weight is 388 g/mol. The zero-order valence-electron chi connectivity index (χ0n) is 16.0. The van der Waals surface area contributed by atoms with E-state index in [0.29, 0.717) is 18.2 Å². The van der Waals surface area contributed by atoms with Gasteiger partial charge in [0.25, 0.3) is 5.91 Å². The second-order valence-corrected chi connectivity index (χ2v) is 7.85. The van der Waals surface area contributed by atoms with Crippen LogP contribution in [0, 0.1) is 6.92 Å². The Kier molecular flexibility index (Phi) is 3.44. The number of aromatic nitrogens is 5. The van der Waals surface area contributed by atoms with E-state index in [0.717, 1.165) is 53.1 Å². The van der Waals surface area contributed by atoms with Gasteiger partial charge in [-0.25, -0.2) is 14.5 Å². The number of aryl methyl sites for hydroxylation is 1. The Hall–Kier alpha value is -3.42. The SMILES string of the molecule is Cc1cccn2nc([C@H]3c4nc[nH]c4CCN3C(=O)c3ocnc3C3CC3)cc12. The van der Waals surface area contributed by atoms with Gasteiger partial charge in [0.1, 0.15) is 6.04 Å². The van der Waals surface area contributed by atoms with Crippen molar-refractivity contribution >= 4 is 11.4 Å². The van der Waals surface area contributed by atoms with E-state index in [1.807, 2.05) is 27.7 Å². The minimum Gasteiger partial charge on any atom is -0.438 e. The quantitative estimate of drug-likeness (QED) is 0.582. The van der Waals surface area contributed by atoms with E-state index in [4.69, 9.17) is 9.52 Å². The molecule has 1 N–H and O–H groups in total.